The van der Waals surface area contributed by atoms with Crippen LogP contribution in [0.3, 0.4) is 0 Å². The van der Waals surface area contributed by atoms with Crippen LogP contribution in [-0.2, 0) is 23.1 Å². The summed E-state index contributed by atoms with van der Waals surface area (Å²) < 4.78 is 1.58. The third-order valence-corrected chi connectivity index (χ3v) is 4.35. The quantitative estimate of drug-likeness (QED) is 0.609. The highest BCUT2D eigenvalue weighted by Crippen LogP contribution is 2.21. The van der Waals surface area contributed by atoms with Crippen LogP contribution in [0.2, 0.25) is 0 Å². The summed E-state index contributed by atoms with van der Waals surface area (Å²) in [6, 6.07) is 17.3. The van der Waals surface area contributed by atoms with Crippen molar-refractivity contribution in [2.24, 2.45) is 12.8 Å². The number of carbonyl (C=O) groups is 3. The summed E-state index contributed by atoms with van der Waals surface area (Å²) in [5.74, 6) is -2.44. The Kier molecular flexibility index (Phi) is 5.64. The monoisotopic (exact) mass is 376 g/mol. The Morgan fingerprint density at radius 1 is 1.04 bits per heavy atom. The number of primary amides is 1. The fraction of sp³-hybridized carbons (Fsp3) is 0.143. The average molecular weight is 376 g/mol. The number of rotatable bonds is 7. The molecular formula is C21H20N4O3. The first-order chi connectivity index (χ1) is 13.5. The summed E-state index contributed by atoms with van der Waals surface area (Å²) in [6.07, 6.45) is 1.69. The molecule has 1 heterocycles. The maximum absolute atomic E-state index is 13.0. The van der Waals surface area contributed by atoms with Crippen molar-refractivity contribution < 1.29 is 14.4 Å². The first-order valence-corrected chi connectivity index (χ1v) is 8.72. The van der Waals surface area contributed by atoms with Gasteiger partial charge in [0.15, 0.2) is 0 Å². The molecule has 0 saturated heterocycles. The van der Waals surface area contributed by atoms with Gasteiger partial charge in [-0.25, -0.2) is 4.98 Å². The number of nitrogens with one attached hydrogen (secondary N) is 1. The number of hydrogen-bond acceptors (Lipinski definition) is 4. The lowest BCUT2D eigenvalue weighted by molar-refractivity contribution is -0.137. The van der Waals surface area contributed by atoms with E-state index >= 15 is 0 Å². The Bertz CT molecular complexity index is 997. The molecule has 3 N–H and O–H groups in total. The summed E-state index contributed by atoms with van der Waals surface area (Å²) in [6.45, 7) is 0. The SMILES string of the molecule is Cn1cnc(-c2ccccc2)c1C(=O)NC(Cc1ccccc1)C(=O)C(N)=O. The second-order valence-corrected chi connectivity index (χ2v) is 6.36. The van der Waals surface area contributed by atoms with Crippen LogP contribution < -0.4 is 11.1 Å². The number of aromatic nitrogens is 2. The second kappa shape index (κ2) is 8.30. The molecule has 1 atom stereocenters. The fourth-order valence-electron chi connectivity index (χ4n) is 2.96. The molecule has 0 spiro atoms. The zero-order chi connectivity index (χ0) is 20.1. The molecule has 0 saturated carbocycles. The molecule has 3 aromatic rings. The molecule has 0 fully saturated rings. The van der Waals surface area contributed by atoms with E-state index in [2.05, 4.69) is 10.3 Å². The summed E-state index contributed by atoms with van der Waals surface area (Å²) >= 11 is 0. The van der Waals surface area contributed by atoms with Gasteiger partial charge < -0.3 is 15.6 Å². The van der Waals surface area contributed by atoms with Gasteiger partial charge in [-0.15, -0.1) is 0 Å². The largest absolute Gasteiger partial charge is 0.363 e. The first kappa shape index (κ1) is 19.0. The van der Waals surface area contributed by atoms with Crippen molar-refractivity contribution in [2.75, 3.05) is 0 Å². The number of ketones is 1. The Hall–Kier alpha value is -3.74. The van der Waals surface area contributed by atoms with E-state index in [-0.39, 0.29) is 6.42 Å². The van der Waals surface area contributed by atoms with Gasteiger partial charge >= 0.3 is 0 Å². The number of imidazole rings is 1. The van der Waals surface area contributed by atoms with Crippen molar-refractivity contribution in [1.29, 1.82) is 0 Å². The Balaban J connectivity index is 1.89. The van der Waals surface area contributed by atoms with Gasteiger partial charge in [-0.3, -0.25) is 14.4 Å². The van der Waals surface area contributed by atoms with Crippen LogP contribution in [-0.4, -0.2) is 33.2 Å². The third-order valence-electron chi connectivity index (χ3n) is 4.35. The van der Waals surface area contributed by atoms with Crippen molar-refractivity contribution in [3.63, 3.8) is 0 Å². The van der Waals surface area contributed by atoms with E-state index in [1.54, 1.807) is 11.6 Å². The van der Waals surface area contributed by atoms with Crippen molar-refractivity contribution in [3.05, 3.63) is 78.2 Å². The molecule has 28 heavy (non-hydrogen) atoms. The summed E-state index contributed by atoms with van der Waals surface area (Å²) in [7, 11) is 1.69. The van der Waals surface area contributed by atoms with Crippen molar-refractivity contribution in [3.8, 4) is 11.3 Å². The number of nitrogens with two attached hydrogens (primary N) is 1. The zero-order valence-corrected chi connectivity index (χ0v) is 15.3. The Labute approximate surface area is 162 Å². The number of nitrogens with zero attached hydrogens (tertiary/aromatic N) is 2. The topological polar surface area (TPSA) is 107 Å². The maximum Gasteiger partial charge on any atom is 0.287 e. The van der Waals surface area contributed by atoms with Gasteiger partial charge in [0.2, 0.25) is 5.78 Å². The van der Waals surface area contributed by atoms with Gasteiger partial charge in [0.25, 0.3) is 11.8 Å². The van der Waals surface area contributed by atoms with E-state index in [1.165, 1.54) is 6.33 Å². The predicted octanol–water partition coefficient (Wildman–Crippen LogP) is 1.48. The van der Waals surface area contributed by atoms with E-state index in [0.717, 1.165) is 11.1 Å². The third kappa shape index (κ3) is 4.15. The molecule has 0 aliphatic carbocycles. The Morgan fingerprint density at radius 3 is 2.25 bits per heavy atom. The van der Waals surface area contributed by atoms with Crippen LogP contribution >= 0.6 is 0 Å². The number of hydrogen-bond donors (Lipinski definition) is 2. The number of amides is 2. The van der Waals surface area contributed by atoms with Gasteiger partial charge in [-0.2, -0.15) is 0 Å². The van der Waals surface area contributed by atoms with Gasteiger partial charge in [-0.1, -0.05) is 60.7 Å². The minimum Gasteiger partial charge on any atom is -0.363 e. The molecule has 3 rings (SSSR count). The van der Waals surface area contributed by atoms with Crippen molar-refractivity contribution in [1.82, 2.24) is 14.9 Å². The van der Waals surface area contributed by atoms with E-state index < -0.39 is 23.6 Å². The molecule has 2 amide bonds. The van der Waals surface area contributed by atoms with E-state index in [0.29, 0.717) is 11.4 Å². The lowest BCUT2D eigenvalue weighted by atomic mass is 10.0. The zero-order valence-electron chi connectivity index (χ0n) is 15.3. The number of Topliss-reactive ketones (excluding diaryl/α,β-unsaturated/α-hetero) is 1. The number of carbonyl (C=O) groups excluding carboxylic acids is 3. The predicted molar refractivity (Wildman–Crippen MR) is 104 cm³/mol. The molecule has 0 aliphatic heterocycles. The van der Waals surface area contributed by atoms with Gasteiger partial charge in [0.05, 0.1) is 6.33 Å². The van der Waals surface area contributed by atoms with E-state index in [9.17, 15) is 14.4 Å². The summed E-state index contributed by atoms with van der Waals surface area (Å²) in [5, 5.41) is 2.65. The normalized spacial score (nSPS) is 11.6. The van der Waals surface area contributed by atoms with Gasteiger partial charge in [0, 0.05) is 19.0 Å². The molecule has 142 valence electrons. The number of benzene rings is 2. The van der Waals surface area contributed by atoms with E-state index in [1.807, 2.05) is 60.7 Å². The highest BCUT2D eigenvalue weighted by molar-refractivity contribution is 6.38. The van der Waals surface area contributed by atoms with Crippen LogP contribution in [0.15, 0.2) is 67.0 Å². The Morgan fingerprint density at radius 2 is 1.64 bits per heavy atom. The molecule has 7 heteroatoms. The average Bonchev–Trinajstić information content (AvgIpc) is 3.10. The van der Waals surface area contributed by atoms with Gasteiger partial charge in [-0.05, 0) is 5.56 Å². The van der Waals surface area contributed by atoms with E-state index in [4.69, 9.17) is 5.73 Å². The maximum atomic E-state index is 13.0. The van der Waals surface area contributed by atoms with Gasteiger partial charge in [0.1, 0.15) is 17.4 Å². The molecular weight excluding hydrogens is 356 g/mol. The molecule has 1 unspecified atom stereocenters. The second-order valence-electron chi connectivity index (χ2n) is 6.36. The lowest BCUT2D eigenvalue weighted by Gasteiger charge is -2.17. The van der Waals surface area contributed by atoms with Crippen LogP contribution in [0.1, 0.15) is 16.1 Å². The first-order valence-electron chi connectivity index (χ1n) is 8.72. The van der Waals surface area contributed by atoms with Crippen LogP contribution in [0.25, 0.3) is 11.3 Å². The van der Waals surface area contributed by atoms with Crippen molar-refractivity contribution in [2.45, 2.75) is 12.5 Å². The standard InChI is InChI=1S/C21H20N4O3/c1-25-13-23-17(15-10-6-3-7-11-15)18(25)21(28)24-16(19(26)20(22)27)12-14-8-4-2-5-9-14/h2-11,13,16H,12H2,1H3,(H2,22,27)(H,24,28). The molecule has 0 bridgehead atoms. The minimum atomic E-state index is -1.09. The van der Waals surface area contributed by atoms with Crippen molar-refractivity contribution >= 4 is 17.6 Å². The fourth-order valence-corrected chi connectivity index (χ4v) is 2.96. The smallest absolute Gasteiger partial charge is 0.287 e. The van der Waals surface area contributed by atoms with Crippen LogP contribution in [0, 0.1) is 0 Å². The summed E-state index contributed by atoms with van der Waals surface area (Å²) in [5.41, 5.74) is 7.54. The molecule has 1 aromatic heterocycles. The molecule has 2 aromatic carbocycles. The summed E-state index contributed by atoms with van der Waals surface area (Å²) in [4.78, 5) is 41.0. The number of aryl methyl sites for hydroxylation is 1. The highest BCUT2D eigenvalue weighted by Gasteiger charge is 2.28. The van der Waals surface area contributed by atoms with Crippen LogP contribution in [0.4, 0.5) is 0 Å². The highest BCUT2D eigenvalue weighted by atomic mass is 16.2. The van der Waals surface area contributed by atoms with Crippen LogP contribution in [0.5, 0.6) is 0 Å². The molecule has 0 aliphatic rings. The minimum absolute atomic E-state index is 0.160. The molecule has 7 nitrogen and oxygen atoms in total. The lowest BCUT2D eigenvalue weighted by Crippen LogP contribution is -2.47. The molecule has 0 radical (unpaired) electrons.